The van der Waals surface area contributed by atoms with Gasteiger partial charge in [0, 0.05) is 13.0 Å². The first-order valence-electron chi connectivity index (χ1n) is 18.0. The number of aliphatic hydroxyl groups is 1. The van der Waals surface area contributed by atoms with Gasteiger partial charge in [0.15, 0.2) is 17.7 Å². The van der Waals surface area contributed by atoms with Gasteiger partial charge < -0.3 is 34.1 Å². The lowest BCUT2D eigenvalue weighted by molar-refractivity contribution is -0.175. The third kappa shape index (κ3) is 15.0. The summed E-state index contributed by atoms with van der Waals surface area (Å²) in [6.07, 6.45) is 17.1. The molecular formula is C37H65NO8. The van der Waals surface area contributed by atoms with Crippen molar-refractivity contribution in [2.45, 2.75) is 192 Å². The second kappa shape index (κ2) is 21.2. The van der Waals surface area contributed by atoms with E-state index in [1.165, 1.54) is 57.8 Å². The van der Waals surface area contributed by atoms with Crippen LogP contribution in [0.4, 0.5) is 0 Å². The molecule has 266 valence electrons. The van der Waals surface area contributed by atoms with Gasteiger partial charge in [-0.25, -0.2) is 0 Å². The normalized spacial score (nSPS) is 24.7. The molecular weight excluding hydrogens is 586 g/mol. The van der Waals surface area contributed by atoms with Gasteiger partial charge in [-0.3, -0.25) is 9.59 Å². The lowest BCUT2D eigenvalue weighted by Crippen LogP contribution is -2.51. The van der Waals surface area contributed by atoms with E-state index in [0.29, 0.717) is 25.7 Å². The average molecular weight is 652 g/mol. The molecule has 0 aromatic rings. The highest BCUT2D eigenvalue weighted by Crippen LogP contribution is 2.40. The van der Waals surface area contributed by atoms with E-state index < -0.39 is 48.0 Å². The maximum absolute atomic E-state index is 13.0. The molecule has 9 heteroatoms. The number of hydrogen-bond acceptors (Lipinski definition) is 8. The molecule has 2 saturated heterocycles. The molecule has 2 N–H and O–H groups in total. The molecule has 0 saturated carbocycles. The molecule has 2 aliphatic heterocycles. The molecule has 0 spiro atoms. The van der Waals surface area contributed by atoms with Gasteiger partial charge in [-0.15, -0.1) is 13.2 Å². The fourth-order valence-electron chi connectivity index (χ4n) is 6.34. The molecule has 1 amide bonds. The van der Waals surface area contributed by atoms with Crippen molar-refractivity contribution in [3.8, 4) is 0 Å². The van der Waals surface area contributed by atoms with E-state index in [9.17, 15) is 14.7 Å². The predicted octanol–water partition coefficient (Wildman–Crippen LogP) is 7.44. The summed E-state index contributed by atoms with van der Waals surface area (Å²) in [5.41, 5.74) is 0. The molecule has 2 aliphatic rings. The molecule has 0 unspecified atom stereocenters. The largest absolute Gasteiger partial charge is 0.452 e. The predicted molar refractivity (Wildman–Crippen MR) is 181 cm³/mol. The van der Waals surface area contributed by atoms with Crippen LogP contribution in [0.25, 0.3) is 0 Å². The Kier molecular flexibility index (Phi) is 18.7. The van der Waals surface area contributed by atoms with Crippen molar-refractivity contribution < 1.29 is 38.4 Å². The molecule has 2 heterocycles. The van der Waals surface area contributed by atoms with Crippen molar-refractivity contribution in [2.75, 3.05) is 6.54 Å². The fraction of sp³-hybridized carbons (Fsp3) is 0.838. The molecule has 0 bridgehead atoms. The number of carbonyl (C=O) groups excluding carboxylic acids is 2. The monoisotopic (exact) mass is 651 g/mol. The summed E-state index contributed by atoms with van der Waals surface area (Å²) in [7, 11) is 0. The van der Waals surface area contributed by atoms with Crippen molar-refractivity contribution in [1.29, 1.82) is 0 Å². The summed E-state index contributed by atoms with van der Waals surface area (Å²) in [4.78, 5) is 25.6. The van der Waals surface area contributed by atoms with E-state index in [0.717, 1.165) is 25.7 Å². The van der Waals surface area contributed by atoms with Gasteiger partial charge >= 0.3 is 5.97 Å². The SMILES string of the molecule is C=CCCCCCCCCCCCCCCC(=O)O[C@@H](CCC)C(=O)NC[C@@H](O)[C@H]1OC(C)(C)O[C@H]1[C@H]1OC(C)(C)O[C@H]1CC=C. The smallest absolute Gasteiger partial charge is 0.306 e. The number of rotatable bonds is 25. The highest BCUT2D eigenvalue weighted by Gasteiger charge is 2.55. The van der Waals surface area contributed by atoms with E-state index in [-0.39, 0.29) is 18.6 Å². The van der Waals surface area contributed by atoms with Crippen molar-refractivity contribution in [3.63, 3.8) is 0 Å². The van der Waals surface area contributed by atoms with Crippen LogP contribution in [0.3, 0.4) is 0 Å². The molecule has 9 nitrogen and oxygen atoms in total. The maximum atomic E-state index is 13.0. The van der Waals surface area contributed by atoms with Gasteiger partial charge in [0.25, 0.3) is 5.91 Å². The van der Waals surface area contributed by atoms with E-state index in [1.807, 2.05) is 26.8 Å². The van der Waals surface area contributed by atoms with Crippen LogP contribution in [0.2, 0.25) is 0 Å². The van der Waals surface area contributed by atoms with Gasteiger partial charge in [-0.05, 0) is 59.8 Å². The van der Waals surface area contributed by atoms with Crippen molar-refractivity contribution in [2.24, 2.45) is 0 Å². The summed E-state index contributed by atoms with van der Waals surface area (Å²) in [6, 6.07) is 0. The van der Waals surface area contributed by atoms with Crippen LogP contribution in [0.15, 0.2) is 25.3 Å². The van der Waals surface area contributed by atoms with Crippen LogP contribution in [-0.4, -0.2) is 71.7 Å². The van der Waals surface area contributed by atoms with Crippen LogP contribution in [0.1, 0.15) is 144 Å². The van der Waals surface area contributed by atoms with E-state index in [1.54, 1.807) is 19.9 Å². The first kappa shape index (κ1) is 40.4. The zero-order valence-corrected chi connectivity index (χ0v) is 29.6. The Labute approximate surface area is 279 Å². The second-order valence-corrected chi connectivity index (χ2v) is 13.9. The summed E-state index contributed by atoms with van der Waals surface area (Å²) in [5.74, 6) is -2.56. The molecule has 0 aromatic carbocycles. The van der Waals surface area contributed by atoms with Gasteiger partial charge in [0.2, 0.25) is 0 Å². The van der Waals surface area contributed by atoms with Crippen molar-refractivity contribution in [1.82, 2.24) is 5.32 Å². The lowest BCUT2D eigenvalue weighted by Gasteiger charge is -2.28. The number of aliphatic hydroxyl groups excluding tert-OH is 1. The van der Waals surface area contributed by atoms with E-state index in [2.05, 4.69) is 18.5 Å². The summed E-state index contributed by atoms with van der Waals surface area (Å²) >= 11 is 0. The average Bonchev–Trinajstić information content (AvgIpc) is 3.49. The van der Waals surface area contributed by atoms with Gasteiger partial charge in [0.05, 0.1) is 6.10 Å². The standard InChI is InChI=1S/C37H65NO8/c1-8-11-12-13-14-15-16-17-18-19-20-21-22-23-26-31(40)42-30(25-10-3)35(41)38-27-28(39)32-34(46-37(6,7)44-32)33-29(24-9-2)43-36(4,5)45-33/h8-9,28-30,32-34,39H,1-2,10-27H2,3-7H3,(H,38,41)/t28-,29+,30+,32-,33+,34-/m1/s1. The van der Waals surface area contributed by atoms with Crippen LogP contribution in [0.5, 0.6) is 0 Å². The number of allylic oxidation sites excluding steroid dienone is 1. The molecule has 6 atom stereocenters. The Bertz CT molecular complexity index is 906. The minimum Gasteiger partial charge on any atom is -0.452 e. The first-order chi connectivity index (χ1) is 21.9. The van der Waals surface area contributed by atoms with E-state index >= 15 is 0 Å². The van der Waals surface area contributed by atoms with Crippen LogP contribution in [-0.2, 0) is 33.3 Å². The summed E-state index contributed by atoms with van der Waals surface area (Å²) in [5, 5.41) is 13.9. The quantitative estimate of drug-likeness (QED) is 0.0595. The van der Waals surface area contributed by atoms with Crippen molar-refractivity contribution >= 4 is 11.9 Å². The molecule has 0 aromatic heterocycles. The Morgan fingerprint density at radius 2 is 1.35 bits per heavy atom. The number of hydrogen-bond donors (Lipinski definition) is 2. The highest BCUT2D eigenvalue weighted by molar-refractivity contribution is 5.83. The molecule has 0 aliphatic carbocycles. The Hall–Kier alpha value is -1.78. The molecule has 46 heavy (non-hydrogen) atoms. The van der Waals surface area contributed by atoms with Gasteiger partial charge in [-0.2, -0.15) is 0 Å². The Morgan fingerprint density at radius 1 is 0.804 bits per heavy atom. The topological polar surface area (TPSA) is 113 Å². The van der Waals surface area contributed by atoms with Crippen LogP contribution >= 0.6 is 0 Å². The minimum atomic E-state index is -1.09. The Morgan fingerprint density at radius 3 is 1.91 bits per heavy atom. The number of ether oxygens (including phenoxy) is 5. The van der Waals surface area contributed by atoms with E-state index in [4.69, 9.17) is 23.7 Å². The van der Waals surface area contributed by atoms with Crippen LogP contribution in [0, 0.1) is 0 Å². The summed E-state index contributed by atoms with van der Waals surface area (Å²) in [6.45, 7) is 16.7. The minimum absolute atomic E-state index is 0.0873. The number of esters is 1. The number of carbonyl (C=O) groups is 2. The third-order valence-electron chi connectivity index (χ3n) is 8.63. The highest BCUT2D eigenvalue weighted by atomic mass is 16.8. The van der Waals surface area contributed by atoms with Crippen molar-refractivity contribution in [3.05, 3.63) is 25.3 Å². The second-order valence-electron chi connectivity index (χ2n) is 13.9. The van der Waals surface area contributed by atoms with Crippen LogP contribution < -0.4 is 5.32 Å². The first-order valence-corrected chi connectivity index (χ1v) is 18.0. The zero-order chi connectivity index (χ0) is 34.0. The molecule has 2 rings (SSSR count). The summed E-state index contributed by atoms with van der Waals surface area (Å²) < 4.78 is 30.1. The zero-order valence-electron chi connectivity index (χ0n) is 29.6. The number of nitrogens with one attached hydrogen (secondary N) is 1. The number of unbranched alkanes of at least 4 members (excludes halogenated alkanes) is 12. The molecule has 0 radical (unpaired) electrons. The Balaban J connectivity index is 1.70. The lowest BCUT2D eigenvalue weighted by atomic mass is 9.97. The maximum Gasteiger partial charge on any atom is 0.306 e. The van der Waals surface area contributed by atoms with Gasteiger partial charge in [0.1, 0.15) is 24.4 Å². The van der Waals surface area contributed by atoms with Gasteiger partial charge in [-0.1, -0.05) is 89.7 Å². The molecule has 2 fully saturated rings. The fourth-order valence-corrected chi connectivity index (χ4v) is 6.34. The number of amides is 1. The third-order valence-corrected chi connectivity index (χ3v) is 8.63.